The summed E-state index contributed by atoms with van der Waals surface area (Å²) in [5.41, 5.74) is -1.05. The normalized spacial score (nSPS) is 10.5. The molecule has 0 bridgehead atoms. The molecular formula is C8H5Cl2F2NO2. The summed E-state index contributed by atoms with van der Waals surface area (Å²) in [4.78, 5) is 14.2. The minimum Gasteiger partial charge on any atom is -0.495 e. The predicted octanol–water partition coefficient (Wildman–Crippen LogP) is 3.06. The van der Waals surface area contributed by atoms with E-state index >= 15 is 0 Å². The molecule has 0 aliphatic rings. The van der Waals surface area contributed by atoms with Crippen molar-refractivity contribution >= 4 is 28.4 Å². The number of pyridine rings is 1. The smallest absolute Gasteiger partial charge is 0.280 e. The minimum atomic E-state index is -2.83. The number of ether oxygens (including phenoxy) is 1. The highest BCUT2D eigenvalue weighted by Gasteiger charge is 2.20. The molecule has 0 aliphatic carbocycles. The van der Waals surface area contributed by atoms with Gasteiger partial charge < -0.3 is 4.74 Å². The number of carbonyl (C=O) groups is 1. The molecule has 0 amide bonds. The van der Waals surface area contributed by atoms with Crippen LogP contribution in [0.2, 0.25) is 5.02 Å². The van der Waals surface area contributed by atoms with Crippen molar-refractivity contribution in [1.29, 1.82) is 0 Å². The molecule has 0 radical (unpaired) electrons. The first kappa shape index (κ1) is 12.1. The van der Waals surface area contributed by atoms with E-state index in [0.717, 1.165) is 6.07 Å². The van der Waals surface area contributed by atoms with E-state index in [9.17, 15) is 13.6 Å². The van der Waals surface area contributed by atoms with Crippen LogP contribution in [0.3, 0.4) is 0 Å². The van der Waals surface area contributed by atoms with Gasteiger partial charge in [0.1, 0.15) is 22.2 Å². The molecule has 0 atom stereocenters. The minimum absolute atomic E-state index is 0.0639. The second-order valence-corrected chi connectivity index (χ2v) is 3.21. The average Bonchev–Trinajstić information content (AvgIpc) is 2.17. The molecule has 0 unspecified atom stereocenters. The van der Waals surface area contributed by atoms with Crippen molar-refractivity contribution in [2.24, 2.45) is 0 Å². The van der Waals surface area contributed by atoms with Crippen molar-refractivity contribution in [2.75, 3.05) is 7.11 Å². The molecule has 7 heteroatoms. The van der Waals surface area contributed by atoms with Crippen LogP contribution in [0.1, 0.15) is 22.6 Å². The Morgan fingerprint density at radius 3 is 2.60 bits per heavy atom. The summed E-state index contributed by atoms with van der Waals surface area (Å²) >= 11 is 10.8. The zero-order valence-corrected chi connectivity index (χ0v) is 8.94. The third-order valence-corrected chi connectivity index (χ3v) is 2.12. The summed E-state index contributed by atoms with van der Waals surface area (Å²) in [6, 6.07) is 0.955. The van der Waals surface area contributed by atoms with Crippen LogP contribution in [0.25, 0.3) is 0 Å². The SMILES string of the molecule is COc1cc(C(F)F)nc(C(=O)Cl)c1Cl. The van der Waals surface area contributed by atoms with Crippen molar-refractivity contribution < 1.29 is 18.3 Å². The fourth-order valence-corrected chi connectivity index (χ4v) is 1.36. The van der Waals surface area contributed by atoms with Gasteiger partial charge in [-0.3, -0.25) is 4.79 Å². The lowest BCUT2D eigenvalue weighted by Crippen LogP contribution is -2.02. The number of rotatable bonds is 3. The molecule has 15 heavy (non-hydrogen) atoms. The molecule has 3 nitrogen and oxygen atoms in total. The zero-order chi connectivity index (χ0) is 11.6. The Hall–Kier alpha value is -0.940. The summed E-state index contributed by atoms with van der Waals surface area (Å²) in [6.07, 6.45) is -2.83. The van der Waals surface area contributed by atoms with Crippen LogP contribution in [0.4, 0.5) is 8.78 Å². The fourth-order valence-electron chi connectivity index (χ4n) is 0.915. The second kappa shape index (κ2) is 4.72. The van der Waals surface area contributed by atoms with Crippen LogP contribution < -0.4 is 4.74 Å². The van der Waals surface area contributed by atoms with Crippen LogP contribution in [0.5, 0.6) is 5.75 Å². The zero-order valence-electron chi connectivity index (χ0n) is 7.43. The van der Waals surface area contributed by atoms with Crippen LogP contribution in [0, 0.1) is 0 Å². The lowest BCUT2D eigenvalue weighted by atomic mass is 10.3. The Morgan fingerprint density at radius 1 is 1.60 bits per heavy atom. The summed E-state index contributed by atoms with van der Waals surface area (Å²) in [5, 5.41) is -1.19. The molecule has 0 aliphatic heterocycles. The van der Waals surface area contributed by atoms with Gasteiger partial charge >= 0.3 is 0 Å². The Balaban J connectivity index is 3.38. The van der Waals surface area contributed by atoms with Gasteiger partial charge in [0.25, 0.3) is 11.7 Å². The van der Waals surface area contributed by atoms with E-state index in [1.54, 1.807) is 0 Å². The topological polar surface area (TPSA) is 39.2 Å². The Kier molecular flexibility index (Phi) is 3.82. The first-order chi connectivity index (χ1) is 6.97. The number of halogens is 4. The van der Waals surface area contributed by atoms with Crippen molar-refractivity contribution in [3.8, 4) is 5.75 Å². The molecule has 0 spiro atoms. The third kappa shape index (κ3) is 2.54. The molecule has 1 heterocycles. The Morgan fingerprint density at radius 2 is 2.20 bits per heavy atom. The van der Waals surface area contributed by atoms with E-state index in [1.807, 2.05) is 0 Å². The number of aromatic nitrogens is 1. The molecular weight excluding hydrogens is 251 g/mol. The summed E-state index contributed by atoms with van der Waals surface area (Å²) < 4.78 is 29.4. The van der Waals surface area contributed by atoms with Gasteiger partial charge in [0.15, 0.2) is 0 Å². The van der Waals surface area contributed by atoms with Gasteiger partial charge in [-0.2, -0.15) is 0 Å². The number of methoxy groups -OCH3 is 1. The van der Waals surface area contributed by atoms with Gasteiger partial charge in [0.2, 0.25) is 0 Å². The predicted molar refractivity (Wildman–Crippen MR) is 50.9 cm³/mol. The first-order valence-electron chi connectivity index (χ1n) is 3.69. The van der Waals surface area contributed by atoms with E-state index in [0.29, 0.717) is 0 Å². The van der Waals surface area contributed by atoms with Gasteiger partial charge in [0, 0.05) is 6.07 Å². The number of hydrogen-bond acceptors (Lipinski definition) is 3. The van der Waals surface area contributed by atoms with Crippen molar-refractivity contribution in [1.82, 2.24) is 4.98 Å². The summed E-state index contributed by atoms with van der Waals surface area (Å²) in [5.74, 6) is -0.0639. The molecule has 0 aromatic carbocycles. The Labute approximate surface area is 94.0 Å². The number of alkyl halides is 2. The molecule has 0 saturated carbocycles. The van der Waals surface area contributed by atoms with Gasteiger partial charge in [-0.1, -0.05) is 11.6 Å². The van der Waals surface area contributed by atoms with E-state index in [1.165, 1.54) is 7.11 Å². The van der Waals surface area contributed by atoms with Crippen LogP contribution >= 0.6 is 23.2 Å². The maximum atomic E-state index is 12.3. The first-order valence-corrected chi connectivity index (χ1v) is 4.45. The largest absolute Gasteiger partial charge is 0.495 e. The van der Waals surface area contributed by atoms with Crippen LogP contribution in [0.15, 0.2) is 6.07 Å². The van der Waals surface area contributed by atoms with Gasteiger partial charge in [-0.05, 0) is 11.6 Å². The number of hydrogen-bond donors (Lipinski definition) is 0. The maximum absolute atomic E-state index is 12.3. The standard InChI is InChI=1S/C8H5Cl2F2NO2/c1-15-4-2-3(8(11)12)13-6(5(4)9)7(10)14/h2,8H,1H3. The van der Waals surface area contributed by atoms with E-state index in [2.05, 4.69) is 4.98 Å². The van der Waals surface area contributed by atoms with E-state index < -0.39 is 23.1 Å². The highest BCUT2D eigenvalue weighted by molar-refractivity contribution is 6.68. The second-order valence-electron chi connectivity index (χ2n) is 2.49. The van der Waals surface area contributed by atoms with E-state index in [-0.39, 0.29) is 10.8 Å². The molecule has 1 aromatic rings. The number of carbonyl (C=O) groups excluding carboxylic acids is 1. The van der Waals surface area contributed by atoms with Crippen LogP contribution in [-0.4, -0.2) is 17.3 Å². The van der Waals surface area contributed by atoms with Crippen molar-refractivity contribution in [3.63, 3.8) is 0 Å². The lowest BCUT2D eigenvalue weighted by Gasteiger charge is -2.08. The molecule has 0 fully saturated rings. The Bertz CT molecular complexity index is 398. The van der Waals surface area contributed by atoms with E-state index in [4.69, 9.17) is 27.9 Å². The van der Waals surface area contributed by atoms with Crippen molar-refractivity contribution in [2.45, 2.75) is 6.43 Å². The van der Waals surface area contributed by atoms with Gasteiger partial charge in [0.05, 0.1) is 7.11 Å². The monoisotopic (exact) mass is 255 g/mol. The lowest BCUT2D eigenvalue weighted by molar-refractivity contribution is 0.107. The molecule has 1 rings (SSSR count). The number of nitrogens with zero attached hydrogens (tertiary/aromatic N) is 1. The summed E-state index contributed by atoms with van der Waals surface area (Å²) in [6.45, 7) is 0. The van der Waals surface area contributed by atoms with Crippen LogP contribution in [-0.2, 0) is 0 Å². The van der Waals surface area contributed by atoms with Crippen molar-refractivity contribution in [3.05, 3.63) is 22.5 Å². The highest BCUT2D eigenvalue weighted by atomic mass is 35.5. The van der Waals surface area contributed by atoms with Gasteiger partial charge in [-0.25, -0.2) is 13.8 Å². The quantitative estimate of drug-likeness (QED) is 0.780. The maximum Gasteiger partial charge on any atom is 0.280 e. The van der Waals surface area contributed by atoms with Gasteiger partial charge in [-0.15, -0.1) is 0 Å². The molecule has 82 valence electrons. The fraction of sp³-hybridized carbons (Fsp3) is 0.250. The third-order valence-electron chi connectivity index (χ3n) is 1.57. The molecule has 0 N–H and O–H groups in total. The molecule has 0 saturated heterocycles. The summed E-state index contributed by atoms with van der Waals surface area (Å²) in [7, 11) is 1.24. The average molecular weight is 256 g/mol. The molecule has 1 aromatic heterocycles. The highest BCUT2D eigenvalue weighted by Crippen LogP contribution is 2.31.